The molecule has 0 aromatic heterocycles. The monoisotopic (exact) mass is 522 g/mol. The van der Waals surface area contributed by atoms with Crippen LogP contribution in [-0.2, 0) is 28.6 Å². The molecule has 1 N–H and O–H groups in total. The van der Waals surface area contributed by atoms with Crippen molar-refractivity contribution in [1.29, 1.82) is 0 Å². The molecule has 4 aliphatic carbocycles. The zero-order valence-electron chi connectivity index (χ0n) is 21.3. The fraction of sp³-hybridized carbons (Fsp3) is 0.704. The molecule has 4 rings (SSSR count). The molecule has 3 saturated carbocycles. The normalized spacial score (nSPS) is 40.9. The van der Waals surface area contributed by atoms with Gasteiger partial charge in [-0.3, -0.25) is 14.4 Å². The second-order valence-corrected chi connectivity index (χ2v) is 11.7. The first-order valence-electron chi connectivity index (χ1n) is 12.7. The molecule has 0 heterocycles. The Labute approximate surface area is 216 Å². The number of esters is 1. The Morgan fingerprint density at radius 2 is 1.89 bits per heavy atom. The summed E-state index contributed by atoms with van der Waals surface area (Å²) >= 11 is 7.43. The van der Waals surface area contributed by atoms with Gasteiger partial charge in [0.15, 0.2) is 18.0 Å². The van der Waals surface area contributed by atoms with Crippen molar-refractivity contribution in [2.24, 2.45) is 22.7 Å². The minimum atomic E-state index is -1.63. The SMILES string of the molecule is CCCOC(=O)O[C@]1(C(=O)COC(C)=O)CC[C@H]2[C@@H]3CCC4=CC(=O)C=C[C@]4(C)[C@@]3(Cl)C(O)C[C@@]21C. The third-order valence-electron chi connectivity index (χ3n) is 9.30. The number of halogens is 1. The number of carbonyl (C=O) groups is 4. The standard InChI is InChI=1S/C27H35ClO8/c1-5-12-34-23(33)36-26(22(32)15-35-16(2)29)11-9-19-20-7-6-17-13-18(30)8-10-24(17,3)27(20,28)21(31)14-25(19,26)4/h8,10,13,19-21,31H,5-7,9,11-12,14-15H2,1-4H3/t19-,20-,21?,24-,25-,26-,27-/m0/s1. The van der Waals surface area contributed by atoms with Crippen molar-refractivity contribution in [3.8, 4) is 0 Å². The van der Waals surface area contributed by atoms with Crippen LogP contribution >= 0.6 is 11.6 Å². The number of Topliss-reactive ketones (excluding diaryl/α,β-unsaturated/α-hetero) is 1. The first-order chi connectivity index (χ1) is 16.9. The summed E-state index contributed by atoms with van der Waals surface area (Å²) in [6, 6.07) is 0. The lowest BCUT2D eigenvalue weighted by atomic mass is 9.45. The fourth-order valence-corrected chi connectivity index (χ4v) is 8.04. The summed E-state index contributed by atoms with van der Waals surface area (Å²) in [5.74, 6) is -1.62. The zero-order valence-corrected chi connectivity index (χ0v) is 22.1. The Balaban J connectivity index is 1.75. The average molecular weight is 523 g/mol. The number of ether oxygens (including phenoxy) is 3. The number of hydrogen-bond acceptors (Lipinski definition) is 8. The van der Waals surface area contributed by atoms with E-state index in [1.165, 1.54) is 13.0 Å². The van der Waals surface area contributed by atoms with Gasteiger partial charge in [-0.1, -0.05) is 32.4 Å². The van der Waals surface area contributed by atoms with Crippen LogP contribution in [0.2, 0.25) is 0 Å². The maximum Gasteiger partial charge on any atom is 0.509 e. The Kier molecular flexibility index (Phi) is 6.92. The van der Waals surface area contributed by atoms with Gasteiger partial charge in [-0.05, 0) is 62.5 Å². The zero-order chi connectivity index (χ0) is 26.5. The lowest BCUT2D eigenvalue weighted by Gasteiger charge is -2.63. The van der Waals surface area contributed by atoms with Crippen LogP contribution in [0.25, 0.3) is 0 Å². The predicted octanol–water partition coefficient (Wildman–Crippen LogP) is 4.06. The molecule has 0 saturated heterocycles. The second kappa shape index (κ2) is 9.28. The van der Waals surface area contributed by atoms with Crippen molar-refractivity contribution in [3.63, 3.8) is 0 Å². The summed E-state index contributed by atoms with van der Waals surface area (Å²) in [4.78, 5) is 48.8. The van der Waals surface area contributed by atoms with Crippen molar-refractivity contribution in [2.75, 3.05) is 13.2 Å². The smallest absolute Gasteiger partial charge is 0.458 e. The van der Waals surface area contributed by atoms with Gasteiger partial charge in [-0.2, -0.15) is 0 Å². The molecular formula is C27H35ClO8. The highest BCUT2D eigenvalue weighted by molar-refractivity contribution is 6.26. The van der Waals surface area contributed by atoms with Gasteiger partial charge in [-0.15, -0.1) is 11.6 Å². The van der Waals surface area contributed by atoms with Crippen LogP contribution in [-0.4, -0.2) is 58.6 Å². The van der Waals surface area contributed by atoms with Gasteiger partial charge in [0.05, 0.1) is 17.6 Å². The molecule has 36 heavy (non-hydrogen) atoms. The van der Waals surface area contributed by atoms with Gasteiger partial charge in [-0.25, -0.2) is 4.79 Å². The highest BCUT2D eigenvalue weighted by Crippen LogP contribution is 2.71. The summed E-state index contributed by atoms with van der Waals surface area (Å²) in [6.07, 6.45) is 5.59. The minimum Gasteiger partial charge on any atom is -0.458 e. The van der Waals surface area contributed by atoms with E-state index in [4.69, 9.17) is 25.8 Å². The lowest BCUT2D eigenvalue weighted by molar-refractivity contribution is -0.181. The van der Waals surface area contributed by atoms with E-state index in [2.05, 4.69) is 0 Å². The van der Waals surface area contributed by atoms with Gasteiger partial charge in [0.2, 0.25) is 5.78 Å². The minimum absolute atomic E-state index is 0.0914. The van der Waals surface area contributed by atoms with Crippen LogP contribution in [0.3, 0.4) is 0 Å². The van der Waals surface area contributed by atoms with Crippen molar-refractivity contribution in [2.45, 2.75) is 82.8 Å². The second-order valence-electron chi connectivity index (χ2n) is 11.0. The van der Waals surface area contributed by atoms with Crippen LogP contribution in [0.4, 0.5) is 4.79 Å². The van der Waals surface area contributed by atoms with Crippen LogP contribution in [0.1, 0.15) is 66.2 Å². The van der Waals surface area contributed by atoms with Gasteiger partial charge in [0, 0.05) is 17.8 Å². The molecule has 1 unspecified atom stereocenters. The Morgan fingerprint density at radius 1 is 1.17 bits per heavy atom. The van der Waals surface area contributed by atoms with Gasteiger partial charge < -0.3 is 19.3 Å². The van der Waals surface area contributed by atoms with E-state index in [-0.39, 0.29) is 37.1 Å². The van der Waals surface area contributed by atoms with Crippen molar-refractivity contribution in [3.05, 3.63) is 23.8 Å². The van der Waals surface area contributed by atoms with E-state index in [9.17, 15) is 24.3 Å². The van der Waals surface area contributed by atoms with Crippen LogP contribution in [0, 0.1) is 22.7 Å². The van der Waals surface area contributed by atoms with E-state index in [1.54, 1.807) is 6.08 Å². The molecule has 8 nitrogen and oxygen atoms in total. The fourth-order valence-electron chi connectivity index (χ4n) is 7.52. The number of rotatable bonds is 6. The number of alkyl halides is 1. The molecule has 0 aromatic carbocycles. The summed E-state index contributed by atoms with van der Waals surface area (Å²) in [5, 5.41) is 11.7. The van der Waals surface area contributed by atoms with Gasteiger partial charge in [0.25, 0.3) is 0 Å². The van der Waals surface area contributed by atoms with Gasteiger partial charge >= 0.3 is 12.1 Å². The van der Waals surface area contributed by atoms with Crippen molar-refractivity contribution in [1.82, 2.24) is 0 Å². The number of ketones is 2. The first kappa shape index (κ1) is 26.9. The number of carbonyl (C=O) groups excluding carboxylic acids is 4. The summed E-state index contributed by atoms with van der Waals surface area (Å²) < 4.78 is 16.0. The summed E-state index contributed by atoms with van der Waals surface area (Å²) in [5.41, 5.74) is -2.44. The Morgan fingerprint density at radius 3 is 2.56 bits per heavy atom. The van der Waals surface area contributed by atoms with E-state index in [0.29, 0.717) is 25.7 Å². The molecule has 0 spiro atoms. The highest BCUT2D eigenvalue weighted by atomic mass is 35.5. The number of aliphatic hydroxyl groups excluding tert-OH is 1. The van der Waals surface area contributed by atoms with Gasteiger partial charge in [0.1, 0.15) is 0 Å². The average Bonchev–Trinajstić information content (AvgIpc) is 3.10. The largest absolute Gasteiger partial charge is 0.509 e. The van der Waals surface area contributed by atoms with E-state index < -0.39 is 51.9 Å². The molecule has 198 valence electrons. The van der Waals surface area contributed by atoms with E-state index in [1.807, 2.05) is 26.8 Å². The molecule has 0 bridgehead atoms. The van der Waals surface area contributed by atoms with E-state index in [0.717, 1.165) is 5.57 Å². The van der Waals surface area contributed by atoms with Crippen molar-refractivity contribution < 1.29 is 38.5 Å². The third kappa shape index (κ3) is 3.74. The van der Waals surface area contributed by atoms with Crippen LogP contribution < -0.4 is 0 Å². The third-order valence-corrected chi connectivity index (χ3v) is 10.2. The number of allylic oxidation sites excluding steroid dienone is 4. The molecule has 7 atom stereocenters. The van der Waals surface area contributed by atoms with Crippen molar-refractivity contribution >= 4 is 35.3 Å². The predicted molar refractivity (Wildman–Crippen MR) is 130 cm³/mol. The molecule has 3 fully saturated rings. The van der Waals surface area contributed by atoms with Crippen LogP contribution in [0.15, 0.2) is 23.8 Å². The van der Waals surface area contributed by atoms with E-state index >= 15 is 0 Å². The molecule has 0 aromatic rings. The molecule has 0 radical (unpaired) electrons. The summed E-state index contributed by atoms with van der Waals surface area (Å²) in [6.45, 7) is 6.47. The molecule has 0 aliphatic heterocycles. The molecule has 9 heteroatoms. The Bertz CT molecular complexity index is 1030. The first-order valence-corrected chi connectivity index (χ1v) is 13.1. The number of aliphatic hydroxyl groups is 1. The molecular weight excluding hydrogens is 488 g/mol. The Hall–Kier alpha value is -2.19. The highest BCUT2D eigenvalue weighted by Gasteiger charge is 2.74. The number of fused-ring (bicyclic) bond motifs is 5. The van der Waals surface area contributed by atoms with Crippen LogP contribution in [0.5, 0.6) is 0 Å². The molecule has 0 amide bonds. The quantitative estimate of drug-likeness (QED) is 0.410. The molecule has 4 aliphatic rings. The maximum atomic E-state index is 13.6. The number of hydrogen-bond donors (Lipinski definition) is 1. The maximum absolute atomic E-state index is 13.6. The lowest BCUT2D eigenvalue weighted by Crippen LogP contribution is -2.69. The summed E-state index contributed by atoms with van der Waals surface area (Å²) in [7, 11) is 0. The topological polar surface area (TPSA) is 116 Å².